The van der Waals surface area contributed by atoms with Gasteiger partial charge in [0.15, 0.2) is 0 Å². The monoisotopic (exact) mass is 461 g/mol. The van der Waals surface area contributed by atoms with Crippen LogP contribution >= 0.6 is 0 Å². The highest BCUT2D eigenvalue weighted by Gasteiger charge is 2.20. The van der Waals surface area contributed by atoms with Crippen LogP contribution in [0.3, 0.4) is 0 Å². The summed E-state index contributed by atoms with van der Waals surface area (Å²) in [6.45, 7) is 6.77. The molecule has 5 rings (SSSR count). The number of carbonyl (C=O) groups excluding carboxylic acids is 1. The number of hydrogen-bond donors (Lipinski definition) is 1. The molecule has 4 aromatic rings. The molecule has 0 atom stereocenters. The van der Waals surface area contributed by atoms with E-state index in [2.05, 4.69) is 27.3 Å². The van der Waals surface area contributed by atoms with Crippen LogP contribution in [0, 0.1) is 18.7 Å². The molecule has 34 heavy (non-hydrogen) atoms. The molecule has 0 radical (unpaired) electrons. The van der Waals surface area contributed by atoms with Gasteiger partial charge in [-0.2, -0.15) is 0 Å². The van der Waals surface area contributed by atoms with Gasteiger partial charge in [0.1, 0.15) is 12.4 Å². The van der Waals surface area contributed by atoms with Gasteiger partial charge in [-0.05, 0) is 62.5 Å². The molecule has 1 aliphatic rings. The zero-order valence-corrected chi connectivity index (χ0v) is 19.4. The summed E-state index contributed by atoms with van der Waals surface area (Å²) in [5.74, 6) is 1.21. The van der Waals surface area contributed by atoms with Crippen molar-refractivity contribution in [3.05, 3.63) is 65.9 Å². The lowest BCUT2D eigenvalue weighted by molar-refractivity contribution is -0.116. The third-order valence-electron chi connectivity index (χ3n) is 6.49. The summed E-state index contributed by atoms with van der Waals surface area (Å²) >= 11 is 0. The lowest BCUT2D eigenvalue weighted by atomic mass is 9.99. The number of nitrogens with zero attached hydrogens (tertiary/aromatic N) is 4. The Hall–Kier alpha value is -3.52. The van der Waals surface area contributed by atoms with Gasteiger partial charge in [0.05, 0.1) is 12.1 Å². The number of anilines is 1. The van der Waals surface area contributed by atoms with E-state index in [9.17, 15) is 9.18 Å². The molecular formula is C26H28FN5O2. The van der Waals surface area contributed by atoms with Crippen LogP contribution in [0.1, 0.15) is 31.2 Å². The van der Waals surface area contributed by atoms with E-state index in [1.807, 2.05) is 35.0 Å². The second-order valence-corrected chi connectivity index (χ2v) is 9.16. The van der Waals surface area contributed by atoms with E-state index in [1.165, 1.54) is 18.9 Å². The first-order valence-corrected chi connectivity index (χ1v) is 11.7. The van der Waals surface area contributed by atoms with E-state index >= 15 is 0 Å². The molecule has 7 nitrogen and oxygen atoms in total. The summed E-state index contributed by atoms with van der Waals surface area (Å²) in [5.41, 5.74) is 2.63. The number of piperidine rings is 1. The number of hydrogen-bond acceptors (Lipinski definition) is 5. The van der Waals surface area contributed by atoms with Gasteiger partial charge in [0.2, 0.25) is 17.7 Å². The zero-order chi connectivity index (χ0) is 23.7. The molecule has 0 spiro atoms. The minimum atomic E-state index is -0.349. The van der Waals surface area contributed by atoms with Gasteiger partial charge in [-0.25, -0.2) is 4.39 Å². The number of benzene rings is 2. The molecule has 8 heteroatoms. The van der Waals surface area contributed by atoms with Crippen LogP contribution in [0.5, 0.6) is 0 Å². The van der Waals surface area contributed by atoms with E-state index in [0.29, 0.717) is 29.6 Å². The van der Waals surface area contributed by atoms with E-state index in [-0.39, 0.29) is 18.3 Å². The number of aryl methyl sites for hydroxylation is 1. The molecule has 0 aliphatic carbocycles. The number of aromatic nitrogens is 3. The molecule has 2 aromatic heterocycles. The predicted molar refractivity (Wildman–Crippen MR) is 129 cm³/mol. The SMILES string of the molecule is Cc1ccc(NC(=O)Cn2cc(-c3nnc(CN4CCC(C)CC4)o3)c3ccccc32)cc1F. The molecule has 0 unspecified atom stereocenters. The first-order valence-electron chi connectivity index (χ1n) is 11.7. The lowest BCUT2D eigenvalue weighted by Crippen LogP contribution is -2.32. The fraction of sp³-hybridized carbons (Fsp3) is 0.346. The third-order valence-corrected chi connectivity index (χ3v) is 6.49. The number of amides is 1. The average Bonchev–Trinajstić information content (AvgIpc) is 3.43. The number of halogens is 1. The van der Waals surface area contributed by atoms with Crippen LogP contribution in [-0.4, -0.2) is 38.7 Å². The largest absolute Gasteiger partial charge is 0.419 e. The number of fused-ring (bicyclic) bond motifs is 1. The van der Waals surface area contributed by atoms with E-state index in [1.54, 1.807) is 19.1 Å². The number of carbonyl (C=O) groups is 1. The highest BCUT2D eigenvalue weighted by Crippen LogP contribution is 2.30. The maximum Gasteiger partial charge on any atom is 0.249 e. The summed E-state index contributed by atoms with van der Waals surface area (Å²) in [6.07, 6.45) is 4.23. The summed E-state index contributed by atoms with van der Waals surface area (Å²) < 4.78 is 21.7. The van der Waals surface area contributed by atoms with Crippen LogP contribution in [0.2, 0.25) is 0 Å². The van der Waals surface area contributed by atoms with Crippen molar-refractivity contribution in [1.82, 2.24) is 19.7 Å². The second-order valence-electron chi connectivity index (χ2n) is 9.16. The molecule has 1 N–H and O–H groups in total. The van der Waals surface area contributed by atoms with Crippen molar-refractivity contribution in [2.75, 3.05) is 18.4 Å². The van der Waals surface area contributed by atoms with Gasteiger partial charge in [-0.1, -0.05) is 31.2 Å². The maximum atomic E-state index is 13.8. The number of para-hydroxylation sites is 1. The molecule has 176 valence electrons. The predicted octanol–water partition coefficient (Wildman–Crippen LogP) is 5.01. The average molecular weight is 462 g/mol. The van der Waals surface area contributed by atoms with E-state index < -0.39 is 0 Å². The van der Waals surface area contributed by atoms with Crippen LogP contribution in [-0.2, 0) is 17.9 Å². The topological polar surface area (TPSA) is 76.2 Å². The van der Waals surface area contributed by atoms with Gasteiger partial charge in [-0.3, -0.25) is 9.69 Å². The minimum absolute atomic E-state index is 0.0724. The highest BCUT2D eigenvalue weighted by molar-refractivity contribution is 5.96. The second kappa shape index (κ2) is 9.38. The summed E-state index contributed by atoms with van der Waals surface area (Å²) in [6, 6.07) is 12.5. The van der Waals surface area contributed by atoms with Gasteiger partial charge in [0.25, 0.3) is 0 Å². The van der Waals surface area contributed by atoms with Crippen molar-refractivity contribution >= 4 is 22.5 Å². The van der Waals surface area contributed by atoms with Crippen molar-refractivity contribution in [3.63, 3.8) is 0 Å². The minimum Gasteiger partial charge on any atom is -0.419 e. The summed E-state index contributed by atoms with van der Waals surface area (Å²) in [5, 5.41) is 12.3. The molecule has 1 fully saturated rings. The molecule has 2 aromatic carbocycles. The van der Waals surface area contributed by atoms with Crippen molar-refractivity contribution in [2.24, 2.45) is 5.92 Å². The smallest absolute Gasteiger partial charge is 0.249 e. The van der Waals surface area contributed by atoms with Gasteiger partial charge >= 0.3 is 0 Å². The molecular weight excluding hydrogens is 433 g/mol. The maximum absolute atomic E-state index is 13.8. The Kier molecular flexibility index (Phi) is 6.15. The van der Waals surface area contributed by atoms with Crippen LogP contribution < -0.4 is 5.32 Å². The fourth-order valence-electron chi connectivity index (χ4n) is 4.41. The Morgan fingerprint density at radius 1 is 1.18 bits per heavy atom. The Balaban J connectivity index is 1.35. The van der Waals surface area contributed by atoms with Crippen molar-refractivity contribution in [3.8, 4) is 11.5 Å². The number of likely N-dealkylation sites (tertiary alicyclic amines) is 1. The van der Waals surface area contributed by atoms with Crippen LogP contribution in [0.15, 0.2) is 53.1 Å². The van der Waals surface area contributed by atoms with E-state index in [4.69, 9.17) is 4.42 Å². The molecule has 1 amide bonds. The standard InChI is InChI=1S/C26H28FN5O2/c1-17-9-11-31(12-10-17)16-25-29-30-26(34-25)21-14-32(23-6-4-3-5-20(21)23)15-24(33)28-19-8-7-18(2)22(27)13-19/h3-8,13-14,17H,9-12,15-16H2,1-2H3,(H,28,33). The Bertz CT molecular complexity index is 1320. The third kappa shape index (κ3) is 4.72. The molecule has 0 bridgehead atoms. The number of rotatable bonds is 6. The van der Waals surface area contributed by atoms with Crippen molar-refractivity contribution in [1.29, 1.82) is 0 Å². The highest BCUT2D eigenvalue weighted by atomic mass is 19.1. The molecule has 1 aliphatic heterocycles. The van der Waals surface area contributed by atoms with Crippen LogP contribution in [0.4, 0.5) is 10.1 Å². The van der Waals surface area contributed by atoms with Gasteiger partial charge in [0, 0.05) is 22.8 Å². The number of nitrogens with one attached hydrogen (secondary N) is 1. The lowest BCUT2D eigenvalue weighted by Gasteiger charge is -2.28. The first-order chi connectivity index (χ1) is 16.5. The van der Waals surface area contributed by atoms with Crippen molar-refractivity contribution < 1.29 is 13.6 Å². The first kappa shape index (κ1) is 22.3. The quantitative estimate of drug-likeness (QED) is 0.437. The van der Waals surface area contributed by atoms with Gasteiger partial charge in [-0.15, -0.1) is 10.2 Å². The Morgan fingerprint density at radius 2 is 1.97 bits per heavy atom. The Morgan fingerprint density at radius 3 is 2.76 bits per heavy atom. The Labute approximate surface area is 197 Å². The summed E-state index contributed by atoms with van der Waals surface area (Å²) in [4.78, 5) is 15.1. The normalized spacial score (nSPS) is 15.1. The molecule has 0 saturated carbocycles. The molecule has 1 saturated heterocycles. The van der Waals surface area contributed by atoms with Crippen LogP contribution in [0.25, 0.3) is 22.4 Å². The summed E-state index contributed by atoms with van der Waals surface area (Å²) in [7, 11) is 0. The fourth-order valence-corrected chi connectivity index (χ4v) is 4.41. The zero-order valence-electron chi connectivity index (χ0n) is 19.4. The van der Waals surface area contributed by atoms with Gasteiger partial charge < -0.3 is 14.3 Å². The molecule has 3 heterocycles. The van der Waals surface area contributed by atoms with E-state index in [0.717, 1.165) is 35.5 Å². The van der Waals surface area contributed by atoms with Crippen molar-refractivity contribution in [2.45, 2.75) is 39.8 Å².